The first-order valence-corrected chi connectivity index (χ1v) is 9.44. The second-order valence-corrected chi connectivity index (χ2v) is 7.56. The lowest BCUT2D eigenvalue weighted by Gasteiger charge is -2.26. The van der Waals surface area contributed by atoms with E-state index in [-0.39, 0.29) is 11.8 Å². The molecule has 23 heavy (non-hydrogen) atoms. The van der Waals surface area contributed by atoms with Crippen LogP contribution in [0.4, 0.5) is 0 Å². The predicted octanol–water partition coefficient (Wildman–Crippen LogP) is 3.77. The van der Waals surface area contributed by atoms with Gasteiger partial charge in [0, 0.05) is 24.9 Å². The maximum atomic E-state index is 12.5. The number of hydrogen-bond acceptors (Lipinski definition) is 4. The summed E-state index contributed by atoms with van der Waals surface area (Å²) in [6.45, 7) is 0.774. The molecule has 1 aromatic heterocycles. The Morgan fingerprint density at radius 2 is 1.61 bits per heavy atom. The zero-order valence-corrected chi connectivity index (χ0v) is 13.9. The van der Waals surface area contributed by atoms with Crippen molar-refractivity contribution < 1.29 is 9.32 Å². The first kappa shape index (κ1) is 15.2. The average Bonchev–Trinajstić information content (AvgIpc) is 3.25. The SMILES string of the molecule is O=C1C[C@@H](c2nc(C3CCCC3)no2)CN1C1CCCCCC1. The lowest BCUT2D eigenvalue weighted by atomic mass is 10.1. The molecule has 5 nitrogen and oxygen atoms in total. The third-order valence-electron chi connectivity index (χ3n) is 5.95. The maximum absolute atomic E-state index is 12.5. The number of carbonyl (C=O) groups excluding carboxylic acids is 1. The zero-order valence-electron chi connectivity index (χ0n) is 13.9. The Morgan fingerprint density at radius 1 is 0.913 bits per heavy atom. The van der Waals surface area contributed by atoms with Crippen LogP contribution in [0.1, 0.15) is 94.2 Å². The van der Waals surface area contributed by atoms with Crippen molar-refractivity contribution in [2.75, 3.05) is 6.54 Å². The Balaban J connectivity index is 1.43. The second kappa shape index (κ2) is 6.62. The van der Waals surface area contributed by atoms with Gasteiger partial charge in [-0.3, -0.25) is 4.79 Å². The molecule has 2 saturated carbocycles. The number of hydrogen-bond donors (Lipinski definition) is 0. The normalized spacial score (nSPS) is 27.7. The molecule has 0 bridgehead atoms. The van der Waals surface area contributed by atoms with E-state index in [0.717, 1.165) is 25.2 Å². The van der Waals surface area contributed by atoms with Crippen LogP contribution in [-0.4, -0.2) is 33.5 Å². The van der Waals surface area contributed by atoms with E-state index in [1.54, 1.807) is 0 Å². The molecule has 2 heterocycles. The standard InChI is InChI=1S/C18H27N3O2/c22-16-11-14(12-21(16)15-9-3-1-2-4-10-15)18-19-17(20-23-18)13-7-5-6-8-13/h13-15H,1-12H2/t14-/m1/s1. The van der Waals surface area contributed by atoms with Gasteiger partial charge in [0.1, 0.15) is 0 Å². The minimum absolute atomic E-state index is 0.105. The number of rotatable bonds is 3. The molecule has 5 heteroatoms. The minimum atomic E-state index is 0.105. The van der Waals surface area contributed by atoms with Crippen molar-refractivity contribution >= 4 is 5.91 Å². The smallest absolute Gasteiger partial charge is 0.232 e. The van der Waals surface area contributed by atoms with E-state index >= 15 is 0 Å². The van der Waals surface area contributed by atoms with E-state index in [1.807, 2.05) is 0 Å². The van der Waals surface area contributed by atoms with Gasteiger partial charge in [-0.2, -0.15) is 4.98 Å². The summed E-state index contributed by atoms with van der Waals surface area (Å²) in [4.78, 5) is 19.2. The lowest BCUT2D eigenvalue weighted by molar-refractivity contribution is -0.129. The molecule has 1 amide bonds. The topological polar surface area (TPSA) is 59.2 Å². The summed E-state index contributed by atoms with van der Waals surface area (Å²) in [5.74, 6) is 2.42. The Morgan fingerprint density at radius 3 is 2.35 bits per heavy atom. The van der Waals surface area contributed by atoms with Crippen molar-refractivity contribution in [1.29, 1.82) is 0 Å². The van der Waals surface area contributed by atoms with Gasteiger partial charge in [-0.15, -0.1) is 0 Å². The van der Waals surface area contributed by atoms with Crippen LogP contribution in [0.25, 0.3) is 0 Å². The monoisotopic (exact) mass is 317 g/mol. The van der Waals surface area contributed by atoms with E-state index in [1.165, 1.54) is 51.4 Å². The molecule has 0 spiro atoms. The molecular weight excluding hydrogens is 290 g/mol. The molecule has 1 atom stereocenters. The Labute approximate surface area is 137 Å². The van der Waals surface area contributed by atoms with Crippen molar-refractivity contribution in [3.8, 4) is 0 Å². The highest BCUT2D eigenvalue weighted by Gasteiger charge is 2.38. The van der Waals surface area contributed by atoms with E-state index in [4.69, 9.17) is 4.52 Å². The molecule has 1 aromatic rings. The van der Waals surface area contributed by atoms with Crippen LogP contribution in [-0.2, 0) is 4.79 Å². The molecule has 1 aliphatic heterocycles. The largest absolute Gasteiger partial charge is 0.339 e. The Kier molecular flexibility index (Phi) is 4.36. The molecule has 1 saturated heterocycles. The van der Waals surface area contributed by atoms with Crippen LogP contribution in [0.2, 0.25) is 0 Å². The fourth-order valence-electron chi connectivity index (χ4n) is 4.58. The van der Waals surface area contributed by atoms with Gasteiger partial charge in [0.2, 0.25) is 11.8 Å². The van der Waals surface area contributed by atoms with Gasteiger partial charge in [0.15, 0.2) is 5.82 Å². The predicted molar refractivity (Wildman–Crippen MR) is 86.1 cm³/mol. The zero-order chi connectivity index (χ0) is 15.6. The summed E-state index contributed by atoms with van der Waals surface area (Å²) in [5.41, 5.74) is 0. The van der Waals surface area contributed by atoms with Gasteiger partial charge in [0.25, 0.3) is 0 Å². The van der Waals surface area contributed by atoms with Crippen molar-refractivity contribution in [1.82, 2.24) is 15.0 Å². The van der Waals surface area contributed by atoms with E-state index in [2.05, 4.69) is 15.0 Å². The fraction of sp³-hybridized carbons (Fsp3) is 0.833. The van der Waals surface area contributed by atoms with Gasteiger partial charge < -0.3 is 9.42 Å². The minimum Gasteiger partial charge on any atom is -0.339 e. The Bertz CT molecular complexity index is 542. The van der Waals surface area contributed by atoms with Crippen molar-refractivity contribution in [2.24, 2.45) is 0 Å². The molecule has 126 valence electrons. The fourth-order valence-corrected chi connectivity index (χ4v) is 4.58. The summed E-state index contributed by atoms with van der Waals surface area (Å²) in [6, 6.07) is 0.437. The summed E-state index contributed by atoms with van der Waals surface area (Å²) >= 11 is 0. The third-order valence-corrected chi connectivity index (χ3v) is 5.95. The molecule has 0 N–H and O–H groups in total. The molecule has 3 aliphatic rings. The lowest BCUT2D eigenvalue weighted by Crippen LogP contribution is -2.36. The molecule has 4 rings (SSSR count). The van der Waals surface area contributed by atoms with Crippen LogP contribution in [0, 0.1) is 0 Å². The number of carbonyl (C=O) groups is 1. The van der Waals surface area contributed by atoms with Gasteiger partial charge in [-0.1, -0.05) is 43.7 Å². The van der Waals surface area contributed by atoms with E-state index in [0.29, 0.717) is 24.3 Å². The van der Waals surface area contributed by atoms with E-state index in [9.17, 15) is 4.79 Å². The number of nitrogens with zero attached hydrogens (tertiary/aromatic N) is 3. The van der Waals surface area contributed by atoms with Crippen LogP contribution in [0.5, 0.6) is 0 Å². The highest BCUT2D eigenvalue weighted by Crippen LogP contribution is 2.35. The quantitative estimate of drug-likeness (QED) is 0.796. The summed E-state index contributed by atoms with van der Waals surface area (Å²) in [5, 5.41) is 4.20. The van der Waals surface area contributed by atoms with Gasteiger partial charge in [-0.25, -0.2) is 0 Å². The van der Waals surface area contributed by atoms with Crippen molar-refractivity contribution in [3.05, 3.63) is 11.7 Å². The van der Waals surface area contributed by atoms with Crippen LogP contribution < -0.4 is 0 Å². The number of amides is 1. The van der Waals surface area contributed by atoms with Crippen LogP contribution in [0.3, 0.4) is 0 Å². The highest BCUT2D eigenvalue weighted by atomic mass is 16.5. The van der Waals surface area contributed by atoms with Gasteiger partial charge in [0.05, 0.1) is 5.92 Å². The highest BCUT2D eigenvalue weighted by molar-refractivity contribution is 5.79. The van der Waals surface area contributed by atoms with Crippen LogP contribution >= 0.6 is 0 Å². The molecule has 0 radical (unpaired) electrons. The maximum Gasteiger partial charge on any atom is 0.232 e. The molecule has 2 aliphatic carbocycles. The summed E-state index contributed by atoms with van der Waals surface area (Å²) < 4.78 is 5.53. The average molecular weight is 317 g/mol. The van der Waals surface area contributed by atoms with Crippen molar-refractivity contribution in [2.45, 2.75) is 88.5 Å². The first-order chi connectivity index (χ1) is 11.3. The molecule has 0 unspecified atom stereocenters. The number of aromatic nitrogens is 2. The molecular formula is C18H27N3O2. The summed E-state index contributed by atoms with van der Waals surface area (Å²) in [7, 11) is 0. The first-order valence-electron chi connectivity index (χ1n) is 9.44. The van der Waals surface area contributed by atoms with E-state index < -0.39 is 0 Å². The van der Waals surface area contributed by atoms with Gasteiger partial charge >= 0.3 is 0 Å². The van der Waals surface area contributed by atoms with Crippen LogP contribution in [0.15, 0.2) is 4.52 Å². The summed E-state index contributed by atoms with van der Waals surface area (Å²) in [6.07, 6.45) is 12.9. The molecule has 0 aromatic carbocycles. The second-order valence-electron chi connectivity index (χ2n) is 7.56. The van der Waals surface area contributed by atoms with Crippen molar-refractivity contribution in [3.63, 3.8) is 0 Å². The van der Waals surface area contributed by atoms with Gasteiger partial charge in [-0.05, 0) is 25.7 Å². The number of likely N-dealkylation sites (tertiary alicyclic amines) is 1. The molecule has 3 fully saturated rings. The Hall–Kier alpha value is -1.39. The third kappa shape index (κ3) is 3.15.